The van der Waals surface area contributed by atoms with Crippen molar-refractivity contribution in [1.29, 1.82) is 0 Å². The molecule has 1 saturated carbocycles. The highest BCUT2D eigenvalue weighted by atomic mass is 16.3. The van der Waals surface area contributed by atoms with Crippen LogP contribution in [0, 0.1) is 5.41 Å². The fraction of sp³-hybridized carbons (Fsp3) is 0.588. The van der Waals surface area contributed by atoms with E-state index in [0.29, 0.717) is 12.1 Å². The zero-order valence-electron chi connectivity index (χ0n) is 12.7. The van der Waals surface area contributed by atoms with E-state index in [1.54, 1.807) is 0 Å². The standard InChI is InChI=1S/C17H25NO2/c1-16(2,3)14-6-4-13(5-7-14)15(20)18-12-17(8-9-17)10-11-19/h4-7,19H,8-12H2,1-3H3,(H,18,20). The lowest BCUT2D eigenvalue weighted by Crippen LogP contribution is -2.30. The molecule has 20 heavy (non-hydrogen) atoms. The van der Waals surface area contributed by atoms with E-state index >= 15 is 0 Å². The van der Waals surface area contributed by atoms with Crippen LogP contribution in [0.1, 0.15) is 56.0 Å². The van der Waals surface area contributed by atoms with Gasteiger partial charge in [0.1, 0.15) is 0 Å². The second-order valence-corrected chi connectivity index (χ2v) is 6.98. The van der Waals surface area contributed by atoms with E-state index in [-0.39, 0.29) is 23.3 Å². The van der Waals surface area contributed by atoms with Crippen LogP contribution in [0.5, 0.6) is 0 Å². The van der Waals surface area contributed by atoms with E-state index in [1.807, 2.05) is 24.3 Å². The van der Waals surface area contributed by atoms with Crippen molar-refractivity contribution < 1.29 is 9.90 Å². The van der Waals surface area contributed by atoms with E-state index in [2.05, 4.69) is 26.1 Å². The zero-order chi connectivity index (χ0) is 14.8. The molecule has 0 spiro atoms. The fourth-order valence-electron chi connectivity index (χ4n) is 2.42. The summed E-state index contributed by atoms with van der Waals surface area (Å²) in [7, 11) is 0. The lowest BCUT2D eigenvalue weighted by molar-refractivity contribution is 0.0940. The molecule has 1 aromatic rings. The van der Waals surface area contributed by atoms with E-state index in [0.717, 1.165) is 19.3 Å². The number of rotatable bonds is 5. The van der Waals surface area contributed by atoms with Gasteiger partial charge < -0.3 is 10.4 Å². The molecule has 0 aromatic heterocycles. The van der Waals surface area contributed by atoms with Crippen LogP contribution in [0.25, 0.3) is 0 Å². The molecule has 1 aromatic carbocycles. The maximum absolute atomic E-state index is 12.1. The third-order valence-corrected chi connectivity index (χ3v) is 4.24. The summed E-state index contributed by atoms with van der Waals surface area (Å²) in [6.07, 6.45) is 3.00. The fourth-order valence-corrected chi connectivity index (χ4v) is 2.42. The molecule has 2 rings (SSSR count). The molecule has 3 heteroatoms. The first-order valence-corrected chi connectivity index (χ1v) is 7.36. The Hall–Kier alpha value is -1.35. The highest BCUT2D eigenvalue weighted by Gasteiger charge is 2.41. The molecule has 3 nitrogen and oxygen atoms in total. The van der Waals surface area contributed by atoms with Crippen LogP contribution in [0.4, 0.5) is 0 Å². The van der Waals surface area contributed by atoms with Gasteiger partial charge in [-0.25, -0.2) is 0 Å². The van der Waals surface area contributed by atoms with Crippen LogP contribution >= 0.6 is 0 Å². The Morgan fingerprint density at radius 2 is 1.85 bits per heavy atom. The molecule has 1 fully saturated rings. The molecule has 1 amide bonds. The average Bonchev–Trinajstić information content (AvgIpc) is 3.16. The van der Waals surface area contributed by atoms with Crippen LogP contribution in [0.2, 0.25) is 0 Å². The van der Waals surface area contributed by atoms with E-state index < -0.39 is 0 Å². The molecule has 0 saturated heterocycles. The van der Waals surface area contributed by atoms with E-state index in [1.165, 1.54) is 5.56 Å². The van der Waals surface area contributed by atoms with Gasteiger partial charge in [0.15, 0.2) is 0 Å². The molecule has 0 bridgehead atoms. The summed E-state index contributed by atoms with van der Waals surface area (Å²) in [5.41, 5.74) is 2.20. The van der Waals surface area contributed by atoms with Crippen molar-refractivity contribution in [3.63, 3.8) is 0 Å². The first-order valence-electron chi connectivity index (χ1n) is 7.36. The van der Waals surface area contributed by atoms with Crippen LogP contribution in [0.15, 0.2) is 24.3 Å². The van der Waals surface area contributed by atoms with Crippen molar-refractivity contribution in [3.05, 3.63) is 35.4 Å². The molecule has 110 valence electrons. The molecule has 1 aliphatic rings. The van der Waals surface area contributed by atoms with Crippen molar-refractivity contribution in [2.24, 2.45) is 5.41 Å². The molecule has 0 heterocycles. The van der Waals surface area contributed by atoms with Gasteiger partial charge in [-0.3, -0.25) is 4.79 Å². The predicted molar refractivity (Wildman–Crippen MR) is 80.8 cm³/mol. The number of carbonyl (C=O) groups is 1. The summed E-state index contributed by atoms with van der Waals surface area (Å²) in [6.45, 7) is 7.36. The van der Waals surface area contributed by atoms with Crippen LogP contribution in [0.3, 0.4) is 0 Å². The van der Waals surface area contributed by atoms with E-state index in [4.69, 9.17) is 5.11 Å². The first kappa shape index (κ1) is 15.0. The van der Waals surface area contributed by atoms with Crippen molar-refractivity contribution in [2.45, 2.75) is 45.4 Å². The predicted octanol–water partition coefficient (Wildman–Crippen LogP) is 2.88. The summed E-state index contributed by atoms with van der Waals surface area (Å²) < 4.78 is 0. The zero-order valence-corrected chi connectivity index (χ0v) is 12.7. The molecule has 0 radical (unpaired) electrons. The molecular formula is C17H25NO2. The maximum atomic E-state index is 12.1. The Kier molecular flexibility index (Phi) is 4.19. The number of hydrogen-bond acceptors (Lipinski definition) is 2. The Bertz CT molecular complexity index is 467. The van der Waals surface area contributed by atoms with Gasteiger partial charge in [-0.1, -0.05) is 32.9 Å². The summed E-state index contributed by atoms with van der Waals surface area (Å²) in [6, 6.07) is 7.83. The van der Waals surface area contributed by atoms with Gasteiger partial charge in [-0.15, -0.1) is 0 Å². The van der Waals surface area contributed by atoms with Gasteiger partial charge in [-0.05, 0) is 47.8 Å². The SMILES string of the molecule is CC(C)(C)c1ccc(C(=O)NCC2(CCO)CC2)cc1. The highest BCUT2D eigenvalue weighted by molar-refractivity contribution is 5.94. The first-order chi connectivity index (χ1) is 9.36. The van der Waals surface area contributed by atoms with Crippen molar-refractivity contribution in [3.8, 4) is 0 Å². The Labute approximate surface area is 121 Å². The van der Waals surface area contributed by atoms with Gasteiger partial charge in [0.05, 0.1) is 0 Å². The van der Waals surface area contributed by atoms with E-state index in [9.17, 15) is 4.79 Å². The summed E-state index contributed by atoms with van der Waals surface area (Å²) in [5, 5.41) is 12.0. The number of nitrogens with one attached hydrogen (secondary N) is 1. The summed E-state index contributed by atoms with van der Waals surface area (Å²) in [4.78, 5) is 12.1. The molecule has 0 atom stereocenters. The third-order valence-electron chi connectivity index (χ3n) is 4.24. The number of aliphatic hydroxyl groups excluding tert-OH is 1. The van der Waals surface area contributed by atoms with Crippen molar-refractivity contribution >= 4 is 5.91 Å². The molecule has 0 aliphatic heterocycles. The van der Waals surface area contributed by atoms with Crippen molar-refractivity contribution in [2.75, 3.05) is 13.2 Å². The minimum atomic E-state index is -0.0188. The molecule has 2 N–H and O–H groups in total. The van der Waals surface area contributed by atoms with Crippen LogP contribution in [-0.4, -0.2) is 24.2 Å². The number of carbonyl (C=O) groups excluding carboxylic acids is 1. The quantitative estimate of drug-likeness (QED) is 0.868. The number of hydrogen-bond donors (Lipinski definition) is 2. The smallest absolute Gasteiger partial charge is 0.251 e. The van der Waals surface area contributed by atoms with Crippen molar-refractivity contribution in [1.82, 2.24) is 5.32 Å². The monoisotopic (exact) mass is 275 g/mol. The number of benzene rings is 1. The van der Waals surface area contributed by atoms with Gasteiger partial charge in [0.25, 0.3) is 5.91 Å². The molecule has 1 aliphatic carbocycles. The largest absolute Gasteiger partial charge is 0.396 e. The molecule has 0 unspecified atom stereocenters. The van der Waals surface area contributed by atoms with Gasteiger partial charge in [0, 0.05) is 18.7 Å². The normalized spacial score (nSPS) is 16.8. The Morgan fingerprint density at radius 3 is 2.30 bits per heavy atom. The number of amides is 1. The van der Waals surface area contributed by atoms with Crippen LogP contribution in [-0.2, 0) is 5.41 Å². The second-order valence-electron chi connectivity index (χ2n) is 6.98. The van der Waals surface area contributed by atoms with Gasteiger partial charge in [0.2, 0.25) is 0 Å². The van der Waals surface area contributed by atoms with Crippen LogP contribution < -0.4 is 5.32 Å². The number of aliphatic hydroxyl groups is 1. The lowest BCUT2D eigenvalue weighted by atomic mass is 9.86. The second kappa shape index (κ2) is 5.57. The Balaban J connectivity index is 1.93. The average molecular weight is 275 g/mol. The topological polar surface area (TPSA) is 49.3 Å². The summed E-state index contributed by atoms with van der Waals surface area (Å²) in [5.74, 6) is -0.0188. The minimum absolute atomic E-state index is 0.0188. The lowest BCUT2D eigenvalue weighted by Gasteiger charge is -2.19. The Morgan fingerprint density at radius 1 is 1.25 bits per heavy atom. The molecular weight excluding hydrogens is 250 g/mol. The summed E-state index contributed by atoms with van der Waals surface area (Å²) >= 11 is 0. The minimum Gasteiger partial charge on any atom is -0.396 e. The van der Waals surface area contributed by atoms with Gasteiger partial charge >= 0.3 is 0 Å². The highest BCUT2D eigenvalue weighted by Crippen LogP contribution is 2.47. The third kappa shape index (κ3) is 3.60. The maximum Gasteiger partial charge on any atom is 0.251 e. The van der Waals surface area contributed by atoms with Gasteiger partial charge in [-0.2, -0.15) is 0 Å².